The normalized spacial score (nSPS) is 22.6. The molecule has 0 spiro atoms. The van der Waals surface area contributed by atoms with E-state index in [9.17, 15) is 15.0 Å². The van der Waals surface area contributed by atoms with Gasteiger partial charge in [-0.05, 0) is 32.3 Å². The minimum Gasteiger partial charge on any atom is -0.491 e. The molecule has 1 aliphatic rings. The fraction of sp³-hybridized carbons (Fsp3) is 0.179. The van der Waals surface area contributed by atoms with Crippen LogP contribution in [0.15, 0.2) is 78.6 Å². The molecule has 1 fully saturated rings. The molecule has 7 rings (SSSR count). The Labute approximate surface area is 214 Å². The number of nitrogen functional groups attached to an aromatic ring is 1. The molecule has 190 valence electrons. The van der Waals surface area contributed by atoms with E-state index in [1.54, 1.807) is 0 Å². The van der Waals surface area contributed by atoms with Gasteiger partial charge in [-0.3, -0.25) is 14.3 Å². The summed E-state index contributed by atoms with van der Waals surface area (Å²) in [7, 11) is 0. The molecule has 0 saturated carbocycles. The van der Waals surface area contributed by atoms with Gasteiger partial charge in [0.15, 0.2) is 23.5 Å². The number of aromatic amines is 1. The maximum Gasteiger partial charge on any atom is 0.280 e. The van der Waals surface area contributed by atoms with Gasteiger partial charge in [0.25, 0.3) is 5.56 Å². The third-order valence-electron chi connectivity index (χ3n) is 7.41. The van der Waals surface area contributed by atoms with Gasteiger partial charge in [-0.15, -0.1) is 0 Å². The number of fused-ring (bicyclic) bond motifs is 1. The van der Waals surface area contributed by atoms with E-state index >= 15 is 0 Å². The number of benzene rings is 4. The van der Waals surface area contributed by atoms with Crippen LogP contribution in [0.3, 0.4) is 0 Å². The molecule has 5 N–H and O–H groups in total. The Kier molecular flexibility index (Phi) is 4.92. The van der Waals surface area contributed by atoms with Crippen LogP contribution in [0.5, 0.6) is 0 Å². The summed E-state index contributed by atoms with van der Waals surface area (Å²) in [5, 5.41) is 28.7. The molecule has 0 radical (unpaired) electrons. The maximum absolute atomic E-state index is 12.3. The summed E-state index contributed by atoms with van der Waals surface area (Å²) in [6.45, 7) is 3.73. The zero-order valence-electron chi connectivity index (χ0n) is 20.0. The lowest BCUT2D eigenvalue weighted by molar-refractivity contribution is -0.0879. The molecule has 4 aromatic carbocycles. The first-order valence-electron chi connectivity index (χ1n) is 12.1. The van der Waals surface area contributed by atoms with Crippen molar-refractivity contribution in [1.29, 1.82) is 0 Å². The lowest BCUT2D eigenvalue weighted by Crippen LogP contribution is -2.35. The summed E-state index contributed by atoms with van der Waals surface area (Å²) in [5.74, 6) is -0.102. The van der Waals surface area contributed by atoms with Gasteiger partial charge < -0.3 is 25.4 Å². The fourth-order valence-electron chi connectivity index (χ4n) is 5.73. The van der Waals surface area contributed by atoms with E-state index in [1.165, 1.54) is 17.2 Å². The smallest absolute Gasteiger partial charge is 0.280 e. The van der Waals surface area contributed by atoms with E-state index in [0.29, 0.717) is 0 Å². The van der Waals surface area contributed by atoms with E-state index in [2.05, 4.69) is 51.9 Å². The molecule has 2 aromatic heterocycles. The number of aliphatic hydroxyl groups excluding tert-OH is 2. The number of anilines is 1. The van der Waals surface area contributed by atoms with Crippen LogP contribution in [0.25, 0.3) is 43.5 Å². The number of nitrogens with zero attached hydrogens (tertiary/aromatic N) is 3. The highest BCUT2D eigenvalue weighted by atomic mass is 16.6. The Morgan fingerprint density at radius 1 is 1.05 bits per heavy atom. The number of rotatable bonds is 5. The van der Waals surface area contributed by atoms with Crippen LogP contribution in [-0.2, 0) is 9.47 Å². The van der Waals surface area contributed by atoms with Gasteiger partial charge in [0, 0.05) is 5.56 Å². The molecule has 10 heteroatoms. The van der Waals surface area contributed by atoms with E-state index in [0.717, 1.165) is 37.9 Å². The summed E-state index contributed by atoms with van der Waals surface area (Å²) < 4.78 is 13.6. The van der Waals surface area contributed by atoms with Crippen LogP contribution < -0.4 is 11.3 Å². The summed E-state index contributed by atoms with van der Waals surface area (Å²) in [6.07, 6.45) is -2.95. The predicted molar refractivity (Wildman–Crippen MR) is 143 cm³/mol. The highest BCUT2D eigenvalue weighted by Crippen LogP contribution is 2.43. The summed E-state index contributed by atoms with van der Waals surface area (Å²) >= 11 is 0. The minimum absolute atomic E-state index is 0.0404. The van der Waals surface area contributed by atoms with Gasteiger partial charge in [-0.1, -0.05) is 61.2 Å². The second-order valence-electron chi connectivity index (χ2n) is 9.48. The van der Waals surface area contributed by atoms with Crippen molar-refractivity contribution in [3.63, 3.8) is 0 Å². The minimum atomic E-state index is -1.37. The van der Waals surface area contributed by atoms with E-state index in [1.807, 2.05) is 24.3 Å². The Hall–Kier alpha value is -4.51. The van der Waals surface area contributed by atoms with Crippen LogP contribution in [0.2, 0.25) is 0 Å². The molecule has 10 nitrogen and oxygen atoms in total. The SMILES string of the molecule is C=COC(c1ccc2ccc3cccc4ccc1c2c34)[C@H]1O[C@@H](n2cnc3c(=O)[nH]c(N)nc32)[C@H](O)[C@@H]1O. The lowest BCUT2D eigenvalue weighted by atomic mass is 9.88. The van der Waals surface area contributed by atoms with Crippen molar-refractivity contribution in [2.75, 3.05) is 5.73 Å². The number of aliphatic hydroxyl groups is 2. The average molecular weight is 510 g/mol. The maximum atomic E-state index is 12.3. The third kappa shape index (κ3) is 3.14. The van der Waals surface area contributed by atoms with Crippen molar-refractivity contribution in [2.24, 2.45) is 0 Å². The predicted octanol–water partition coefficient (Wildman–Crippen LogP) is 3.12. The quantitative estimate of drug-likeness (QED) is 0.205. The van der Waals surface area contributed by atoms with E-state index in [-0.39, 0.29) is 17.1 Å². The van der Waals surface area contributed by atoms with Crippen LogP contribution >= 0.6 is 0 Å². The Morgan fingerprint density at radius 3 is 2.53 bits per heavy atom. The molecule has 1 unspecified atom stereocenters. The van der Waals surface area contributed by atoms with Crippen molar-refractivity contribution < 1.29 is 19.7 Å². The molecule has 1 aliphatic heterocycles. The third-order valence-corrected chi connectivity index (χ3v) is 7.41. The highest BCUT2D eigenvalue weighted by Gasteiger charge is 2.49. The van der Waals surface area contributed by atoms with Crippen molar-refractivity contribution >= 4 is 49.4 Å². The number of H-pyrrole nitrogens is 1. The van der Waals surface area contributed by atoms with Crippen LogP contribution in [-0.4, -0.2) is 48.0 Å². The molecule has 6 aromatic rings. The first kappa shape index (κ1) is 22.7. The van der Waals surface area contributed by atoms with Gasteiger partial charge in [0.1, 0.15) is 18.3 Å². The number of hydrogen-bond donors (Lipinski definition) is 4. The summed E-state index contributed by atoms with van der Waals surface area (Å²) in [5.41, 5.74) is 6.16. The zero-order valence-corrected chi connectivity index (χ0v) is 20.0. The molecule has 0 amide bonds. The molecule has 38 heavy (non-hydrogen) atoms. The molecule has 1 saturated heterocycles. The molecule has 5 atom stereocenters. The molecular weight excluding hydrogens is 486 g/mol. The number of ether oxygens (including phenoxy) is 2. The molecular formula is C28H23N5O5. The first-order valence-corrected chi connectivity index (χ1v) is 12.1. The van der Waals surface area contributed by atoms with Gasteiger partial charge in [0.05, 0.1) is 12.6 Å². The van der Waals surface area contributed by atoms with Gasteiger partial charge in [-0.2, -0.15) is 4.98 Å². The second kappa shape index (κ2) is 8.25. The average Bonchev–Trinajstić information content (AvgIpc) is 3.46. The van der Waals surface area contributed by atoms with Crippen molar-refractivity contribution in [2.45, 2.75) is 30.6 Å². The molecule has 3 heterocycles. The Bertz CT molecular complexity index is 1900. The van der Waals surface area contributed by atoms with Crippen molar-refractivity contribution in [3.05, 3.63) is 89.7 Å². The Balaban J connectivity index is 1.36. The molecule has 0 bridgehead atoms. The second-order valence-corrected chi connectivity index (χ2v) is 9.48. The number of aromatic nitrogens is 4. The van der Waals surface area contributed by atoms with E-state index in [4.69, 9.17) is 15.2 Å². The van der Waals surface area contributed by atoms with Gasteiger partial charge in [0.2, 0.25) is 5.95 Å². The number of hydrogen-bond acceptors (Lipinski definition) is 8. The van der Waals surface area contributed by atoms with Crippen molar-refractivity contribution in [3.8, 4) is 0 Å². The van der Waals surface area contributed by atoms with Crippen LogP contribution in [0.1, 0.15) is 17.9 Å². The molecule has 0 aliphatic carbocycles. The lowest BCUT2D eigenvalue weighted by Gasteiger charge is -2.27. The fourth-order valence-corrected chi connectivity index (χ4v) is 5.73. The van der Waals surface area contributed by atoms with Crippen LogP contribution in [0.4, 0.5) is 5.95 Å². The van der Waals surface area contributed by atoms with E-state index < -0.39 is 36.2 Å². The topological polar surface area (TPSA) is 149 Å². The highest BCUT2D eigenvalue weighted by molar-refractivity contribution is 6.23. The standard InChI is InChI=1S/C28H23N5O5/c1-2-37-23(17-11-9-15-7-6-13-4-3-5-14-8-10-16(17)19(15)18(13)14)24-21(34)22(35)27(38-24)33-12-30-20-25(33)31-28(29)32-26(20)36/h2-12,21-24,27,34-35H,1H2,(H3,29,31,32,36)/t21-,22+,23?,24-,27+/m0/s1. The summed E-state index contributed by atoms with van der Waals surface area (Å²) in [4.78, 5) is 22.9. The largest absolute Gasteiger partial charge is 0.491 e. The summed E-state index contributed by atoms with van der Waals surface area (Å²) in [6, 6.07) is 18.4. The zero-order chi connectivity index (χ0) is 26.1. The Morgan fingerprint density at radius 2 is 1.76 bits per heavy atom. The number of imidazole rings is 1. The van der Waals surface area contributed by atoms with Gasteiger partial charge in [-0.25, -0.2) is 4.98 Å². The monoisotopic (exact) mass is 509 g/mol. The van der Waals surface area contributed by atoms with Crippen LogP contribution in [0, 0.1) is 0 Å². The van der Waals surface area contributed by atoms with Crippen molar-refractivity contribution in [1.82, 2.24) is 19.5 Å². The van der Waals surface area contributed by atoms with Gasteiger partial charge >= 0.3 is 0 Å². The first-order chi connectivity index (χ1) is 18.5. The number of nitrogens with one attached hydrogen (secondary N) is 1. The number of nitrogens with two attached hydrogens (primary N) is 1.